The van der Waals surface area contributed by atoms with Gasteiger partial charge in [0.05, 0.1) is 6.61 Å². The van der Waals surface area contributed by atoms with Crippen LogP contribution in [-0.2, 0) is 4.52 Å². The topological polar surface area (TPSA) is 29.5 Å². The Bertz CT molecular complexity index is 78.5. The lowest BCUT2D eigenvalue weighted by Crippen LogP contribution is -1.90. The molecule has 0 heterocycles. The van der Waals surface area contributed by atoms with Crippen molar-refractivity contribution in [3.63, 3.8) is 0 Å². The Morgan fingerprint density at radius 2 is 1.91 bits per heavy atom. The zero-order chi connectivity index (χ0) is 8.53. The third kappa shape index (κ3) is 8.25. The molecular formula is C8H19O2P. The van der Waals surface area contributed by atoms with Crippen molar-refractivity contribution in [3.05, 3.63) is 0 Å². The molecule has 0 aliphatic carbocycles. The van der Waals surface area contributed by atoms with Crippen molar-refractivity contribution in [2.45, 2.75) is 39.5 Å². The normalized spacial score (nSPS) is 13.4. The zero-order valence-electron chi connectivity index (χ0n) is 7.55. The first kappa shape index (κ1) is 11.4. The predicted octanol–water partition coefficient (Wildman–Crippen LogP) is 2.91. The summed E-state index contributed by atoms with van der Waals surface area (Å²) in [6.07, 6.45) is 5.60. The molecule has 0 saturated heterocycles. The van der Waals surface area contributed by atoms with Gasteiger partial charge in [-0.25, -0.2) is 0 Å². The number of hydrogen-bond donors (Lipinski definition) is 1. The number of rotatable bonds is 7. The van der Waals surface area contributed by atoms with Crippen LogP contribution in [0.25, 0.3) is 0 Å². The maximum absolute atomic E-state index is 9.06. The van der Waals surface area contributed by atoms with Crippen LogP contribution in [-0.4, -0.2) is 17.7 Å². The second-order valence-electron chi connectivity index (χ2n) is 2.56. The van der Waals surface area contributed by atoms with Crippen LogP contribution < -0.4 is 0 Å². The molecule has 0 bridgehead atoms. The molecule has 3 heteroatoms. The Morgan fingerprint density at radius 1 is 1.18 bits per heavy atom. The van der Waals surface area contributed by atoms with Crippen molar-refractivity contribution in [2.24, 2.45) is 0 Å². The van der Waals surface area contributed by atoms with Crippen molar-refractivity contribution in [1.29, 1.82) is 0 Å². The van der Waals surface area contributed by atoms with Crippen molar-refractivity contribution in [2.75, 3.05) is 12.8 Å². The molecule has 2 nitrogen and oxygen atoms in total. The summed E-state index contributed by atoms with van der Waals surface area (Å²) < 4.78 is 5.16. The van der Waals surface area contributed by atoms with E-state index in [-0.39, 0.29) is 0 Å². The molecule has 1 unspecified atom stereocenters. The lowest BCUT2D eigenvalue weighted by molar-refractivity contribution is 0.299. The Hall–Kier alpha value is 0.350. The van der Waals surface area contributed by atoms with E-state index in [0.29, 0.717) is 0 Å². The van der Waals surface area contributed by atoms with Gasteiger partial charge in [-0.05, 0) is 6.42 Å². The van der Waals surface area contributed by atoms with Gasteiger partial charge in [-0.3, -0.25) is 0 Å². The quantitative estimate of drug-likeness (QED) is 0.479. The lowest BCUT2D eigenvalue weighted by atomic mass is 10.2. The van der Waals surface area contributed by atoms with Gasteiger partial charge < -0.3 is 9.42 Å². The molecule has 0 saturated carbocycles. The first-order valence-electron chi connectivity index (χ1n) is 4.40. The monoisotopic (exact) mass is 178 g/mol. The van der Waals surface area contributed by atoms with Crippen LogP contribution in [0.4, 0.5) is 0 Å². The van der Waals surface area contributed by atoms with Gasteiger partial charge in [-0.1, -0.05) is 33.1 Å². The van der Waals surface area contributed by atoms with E-state index in [1.165, 1.54) is 19.3 Å². The minimum Gasteiger partial charge on any atom is -0.350 e. The van der Waals surface area contributed by atoms with Crippen LogP contribution in [0.3, 0.4) is 0 Å². The van der Waals surface area contributed by atoms with Crippen molar-refractivity contribution in [1.82, 2.24) is 0 Å². The summed E-state index contributed by atoms with van der Waals surface area (Å²) in [6.45, 7) is 4.86. The van der Waals surface area contributed by atoms with Crippen LogP contribution in [0.5, 0.6) is 0 Å². The highest BCUT2D eigenvalue weighted by Gasteiger charge is 1.98. The van der Waals surface area contributed by atoms with Crippen molar-refractivity contribution < 1.29 is 9.42 Å². The van der Waals surface area contributed by atoms with E-state index in [0.717, 1.165) is 19.2 Å². The second-order valence-corrected chi connectivity index (χ2v) is 4.16. The van der Waals surface area contributed by atoms with E-state index in [1.54, 1.807) is 0 Å². The molecular weight excluding hydrogens is 159 g/mol. The van der Waals surface area contributed by atoms with Crippen LogP contribution in [0.15, 0.2) is 0 Å². The largest absolute Gasteiger partial charge is 0.350 e. The summed E-state index contributed by atoms with van der Waals surface area (Å²) in [4.78, 5) is 9.06. The van der Waals surface area contributed by atoms with E-state index >= 15 is 0 Å². The second kappa shape index (κ2) is 8.45. The van der Waals surface area contributed by atoms with Crippen LogP contribution in [0, 0.1) is 0 Å². The van der Waals surface area contributed by atoms with Gasteiger partial charge in [0, 0.05) is 6.16 Å². The minimum absolute atomic E-state index is 0.732. The summed E-state index contributed by atoms with van der Waals surface area (Å²) in [5, 5.41) is 0. The van der Waals surface area contributed by atoms with E-state index in [2.05, 4.69) is 6.92 Å². The van der Waals surface area contributed by atoms with Gasteiger partial charge in [-0.15, -0.1) is 0 Å². The highest BCUT2D eigenvalue weighted by Crippen LogP contribution is 2.30. The summed E-state index contributed by atoms with van der Waals surface area (Å²) in [5.41, 5.74) is 0. The molecule has 0 aliphatic heterocycles. The van der Waals surface area contributed by atoms with Gasteiger partial charge in [-0.2, -0.15) is 0 Å². The SMILES string of the molecule is CCCCCCOP(O)CC. The molecule has 0 aromatic rings. The highest BCUT2D eigenvalue weighted by molar-refractivity contribution is 7.46. The van der Waals surface area contributed by atoms with E-state index in [1.807, 2.05) is 6.92 Å². The number of unbranched alkanes of at least 4 members (excludes halogenated alkanes) is 3. The first-order valence-corrected chi connectivity index (χ1v) is 5.80. The van der Waals surface area contributed by atoms with Gasteiger partial charge in [0.1, 0.15) is 0 Å². The molecule has 68 valence electrons. The fourth-order valence-electron chi connectivity index (χ4n) is 0.790. The van der Waals surface area contributed by atoms with Crippen molar-refractivity contribution in [3.8, 4) is 0 Å². The molecule has 0 amide bonds. The molecule has 1 N–H and O–H groups in total. The molecule has 0 aliphatic rings. The maximum Gasteiger partial charge on any atom is 0.167 e. The average Bonchev–Trinajstić information content (AvgIpc) is 2.04. The lowest BCUT2D eigenvalue weighted by Gasteiger charge is -2.07. The molecule has 0 spiro atoms. The van der Waals surface area contributed by atoms with Crippen LogP contribution >= 0.6 is 8.38 Å². The highest BCUT2D eigenvalue weighted by atomic mass is 31.2. The Balaban J connectivity index is 2.89. The van der Waals surface area contributed by atoms with E-state index in [4.69, 9.17) is 9.42 Å². The van der Waals surface area contributed by atoms with Gasteiger partial charge >= 0.3 is 0 Å². The molecule has 1 atom stereocenters. The maximum atomic E-state index is 9.06. The minimum atomic E-state index is -1.10. The average molecular weight is 178 g/mol. The summed E-state index contributed by atoms with van der Waals surface area (Å²) in [7, 11) is -1.10. The summed E-state index contributed by atoms with van der Waals surface area (Å²) in [5.74, 6) is 0. The van der Waals surface area contributed by atoms with Crippen molar-refractivity contribution >= 4 is 8.38 Å². The molecule has 0 aromatic carbocycles. The van der Waals surface area contributed by atoms with Gasteiger partial charge in [0.15, 0.2) is 8.38 Å². The molecule has 0 rings (SSSR count). The smallest absolute Gasteiger partial charge is 0.167 e. The summed E-state index contributed by atoms with van der Waals surface area (Å²) >= 11 is 0. The van der Waals surface area contributed by atoms with Gasteiger partial charge in [0.25, 0.3) is 0 Å². The summed E-state index contributed by atoms with van der Waals surface area (Å²) in [6, 6.07) is 0. The first-order chi connectivity index (χ1) is 5.31. The molecule has 0 aromatic heterocycles. The Labute approximate surface area is 70.9 Å². The number of hydrogen-bond acceptors (Lipinski definition) is 2. The van der Waals surface area contributed by atoms with Crippen LogP contribution in [0.2, 0.25) is 0 Å². The van der Waals surface area contributed by atoms with E-state index < -0.39 is 8.38 Å². The fraction of sp³-hybridized carbons (Fsp3) is 1.00. The third-order valence-electron chi connectivity index (χ3n) is 1.51. The molecule has 0 fully saturated rings. The molecule has 0 radical (unpaired) electrons. The third-order valence-corrected chi connectivity index (χ3v) is 2.53. The van der Waals surface area contributed by atoms with Gasteiger partial charge in [0.2, 0.25) is 0 Å². The molecule has 11 heavy (non-hydrogen) atoms. The van der Waals surface area contributed by atoms with E-state index in [9.17, 15) is 0 Å². The Morgan fingerprint density at radius 3 is 2.45 bits per heavy atom. The predicted molar refractivity (Wildman–Crippen MR) is 49.8 cm³/mol. The standard InChI is InChI=1S/C8H19O2P/c1-3-5-6-7-8-10-11(9)4-2/h9H,3-8H2,1-2H3. The zero-order valence-corrected chi connectivity index (χ0v) is 8.44. The Kier molecular flexibility index (Phi) is 8.72. The fourth-order valence-corrected chi connectivity index (χ4v) is 1.31. The van der Waals surface area contributed by atoms with Crippen LogP contribution in [0.1, 0.15) is 39.5 Å².